The average Bonchev–Trinajstić information content (AvgIpc) is 2.81. The Labute approximate surface area is 103 Å². The van der Waals surface area contributed by atoms with Crippen molar-refractivity contribution < 1.29 is 0 Å². The zero-order valence-electron chi connectivity index (χ0n) is 11.2. The Hall–Kier alpha value is -0.900. The van der Waals surface area contributed by atoms with Crippen LogP contribution in [0.15, 0.2) is 0 Å². The highest BCUT2D eigenvalue weighted by Gasteiger charge is 2.38. The summed E-state index contributed by atoms with van der Waals surface area (Å²) in [6, 6.07) is 0. The van der Waals surface area contributed by atoms with Gasteiger partial charge in [0.15, 0.2) is 5.82 Å². The number of aromatic nitrogens is 3. The highest BCUT2D eigenvalue weighted by atomic mass is 15.2. The number of nitrogens with zero attached hydrogens (tertiary/aromatic N) is 2. The van der Waals surface area contributed by atoms with Crippen LogP contribution in [0.1, 0.15) is 64.0 Å². The van der Waals surface area contributed by atoms with Gasteiger partial charge >= 0.3 is 0 Å². The summed E-state index contributed by atoms with van der Waals surface area (Å²) in [6.45, 7) is 7.23. The van der Waals surface area contributed by atoms with Gasteiger partial charge < -0.3 is 5.73 Å². The first-order valence-electron chi connectivity index (χ1n) is 6.70. The Morgan fingerprint density at radius 1 is 1.41 bits per heavy atom. The second-order valence-corrected chi connectivity index (χ2v) is 5.87. The first-order valence-corrected chi connectivity index (χ1v) is 6.70. The molecule has 0 aliphatic heterocycles. The number of aromatic amines is 1. The van der Waals surface area contributed by atoms with Crippen LogP contribution in [0, 0.1) is 5.92 Å². The van der Waals surface area contributed by atoms with Crippen LogP contribution in [0.3, 0.4) is 0 Å². The molecule has 1 saturated carbocycles. The van der Waals surface area contributed by atoms with Crippen LogP contribution in [-0.4, -0.2) is 21.7 Å². The first kappa shape index (κ1) is 12.6. The third-order valence-electron chi connectivity index (χ3n) is 4.15. The molecular formula is C13H24N4. The molecule has 0 saturated heterocycles. The van der Waals surface area contributed by atoms with Gasteiger partial charge in [0.05, 0.1) is 0 Å². The molecule has 1 aromatic heterocycles. The van der Waals surface area contributed by atoms with E-state index in [1.165, 1.54) is 12.8 Å². The van der Waals surface area contributed by atoms with E-state index in [1.807, 2.05) is 0 Å². The van der Waals surface area contributed by atoms with Crippen LogP contribution in [-0.2, 0) is 5.41 Å². The lowest BCUT2D eigenvalue weighted by Crippen LogP contribution is -2.39. The van der Waals surface area contributed by atoms with E-state index in [0.29, 0.717) is 12.5 Å². The van der Waals surface area contributed by atoms with Crippen molar-refractivity contribution in [2.75, 3.05) is 6.54 Å². The maximum absolute atomic E-state index is 6.01. The largest absolute Gasteiger partial charge is 0.329 e. The van der Waals surface area contributed by atoms with E-state index in [9.17, 15) is 0 Å². The lowest BCUT2D eigenvalue weighted by atomic mass is 9.70. The molecule has 96 valence electrons. The molecule has 1 aliphatic rings. The van der Waals surface area contributed by atoms with Gasteiger partial charge in [-0.15, -0.1) is 0 Å². The summed E-state index contributed by atoms with van der Waals surface area (Å²) >= 11 is 0. The molecule has 3 N–H and O–H groups in total. The van der Waals surface area contributed by atoms with E-state index in [1.54, 1.807) is 0 Å². The molecule has 1 aromatic rings. The third-order valence-corrected chi connectivity index (χ3v) is 4.15. The van der Waals surface area contributed by atoms with Crippen molar-refractivity contribution in [3.05, 3.63) is 11.6 Å². The number of rotatable bonds is 3. The Morgan fingerprint density at radius 2 is 2.06 bits per heavy atom. The van der Waals surface area contributed by atoms with Gasteiger partial charge in [0.1, 0.15) is 5.82 Å². The van der Waals surface area contributed by atoms with E-state index in [2.05, 4.69) is 36.0 Å². The zero-order valence-corrected chi connectivity index (χ0v) is 11.2. The van der Waals surface area contributed by atoms with Gasteiger partial charge in [-0.25, -0.2) is 4.98 Å². The number of H-pyrrole nitrogens is 1. The van der Waals surface area contributed by atoms with Crippen LogP contribution < -0.4 is 5.73 Å². The summed E-state index contributed by atoms with van der Waals surface area (Å²) in [4.78, 5) is 4.65. The molecule has 0 spiro atoms. The van der Waals surface area contributed by atoms with Crippen LogP contribution in [0.5, 0.6) is 0 Å². The molecule has 2 rings (SSSR count). The van der Waals surface area contributed by atoms with Crippen molar-refractivity contribution in [3.63, 3.8) is 0 Å². The molecule has 4 heteroatoms. The van der Waals surface area contributed by atoms with E-state index in [0.717, 1.165) is 30.4 Å². The van der Waals surface area contributed by atoms with E-state index < -0.39 is 0 Å². The third kappa shape index (κ3) is 2.37. The van der Waals surface area contributed by atoms with E-state index >= 15 is 0 Å². The molecule has 0 amide bonds. The van der Waals surface area contributed by atoms with Crippen LogP contribution >= 0.6 is 0 Å². The van der Waals surface area contributed by atoms with Crippen molar-refractivity contribution in [1.82, 2.24) is 15.2 Å². The molecule has 0 radical (unpaired) electrons. The summed E-state index contributed by atoms with van der Waals surface area (Å²) in [5.41, 5.74) is 6.03. The van der Waals surface area contributed by atoms with E-state index in [-0.39, 0.29) is 5.41 Å². The maximum atomic E-state index is 6.01. The Morgan fingerprint density at radius 3 is 2.53 bits per heavy atom. The highest BCUT2D eigenvalue weighted by Crippen LogP contribution is 2.39. The monoisotopic (exact) mass is 236 g/mol. The summed E-state index contributed by atoms with van der Waals surface area (Å²) < 4.78 is 0. The van der Waals surface area contributed by atoms with Crippen molar-refractivity contribution in [2.45, 2.75) is 57.8 Å². The number of nitrogens with one attached hydrogen (secondary N) is 1. The van der Waals surface area contributed by atoms with Crippen molar-refractivity contribution in [3.8, 4) is 0 Å². The van der Waals surface area contributed by atoms with Crippen molar-refractivity contribution in [2.24, 2.45) is 11.7 Å². The normalized spacial score (nSPS) is 29.8. The van der Waals surface area contributed by atoms with Crippen LogP contribution in [0.25, 0.3) is 0 Å². The minimum absolute atomic E-state index is 0.0240. The fraction of sp³-hybridized carbons (Fsp3) is 0.846. The van der Waals surface area contributed by atoms with Gasteiger partial charge in [-0.05, 0) is 31.6 Å². The molecule has 4 nitrogen and oxygen atoms in total. The van der Waals surface area contributed by atoms with Gasteiger partial charge in [-0.3, -0.25) is 5.10 Å². The molecule has 17 heavy (non-hydrogen) atoms. The topological polar surface area (TPSA) is 67.6 Å². The fourth-order valence-corrected chi connectivity index (χ4v) is 2.60. The minimum atomic E-state index is 0.0240. The lowest BCUT2D eigenvalue weighted by molar-refractivity contribution is 0.237. The van der Waals surface area contributed by atoms with Gasteiger partial charge in [0.2, 0.25) is 0 Å². The number of nitrogens with two attached hydrogens (primary N) is 1. The summed E-state index contributed by atoms with van der Waals surface area (Å²) in [5.74, 6) is 3.13. The van der Waals surface area contributed by atoms with Gasteiger partial charge in [0, 0.05) is 17.9 Å². The molecule has 1 fully saturated rings. The molecule has 0 atom stereocenters. The molecule has 0 unspecified atom stereocenters. The summed E-state index contributed by atoms with van der Waals surface area (Å²) in [7, 11) is 0. The summed E-state index contributed by atoms with van der Waals surface area (Å²) in [5, 5.41) is 7.47. The molecule has 1 heterocycles. The molecule has 1 aliphatic carbocycles. The number of hydrogen-bond acceptors (Lipinski definition) is 3. The lowest BCUT2D eigenvalue weighted by Gasteiger charge is -2.36. The van der Waals surface area contributed by atoms with Gasteiger partial charge in [-0.2, -0.15) is 5.10 Å². The van der Waals surface area contributed by atoms with Crippen molar-refractivity contribution >= 4 is 0 Å². The molecular weight excluding hydrogens is 212 g/mol. The Balaban J connectivity index is 2.22. The molecule has 0 aromatic carbocycles. The standard InChI is InChI=1S/C13H24N4/c1-9(2)11-15-12(17-16-11)13(8-14)6-4-10(3)5-7-13/h9-10H,4-8,14H2,1-3H3,(H,15,16,17). The zero-order chi connectivity index (χ0) is 12.5. The van der Waals surface area contributed by atoms with Crippen molar-refractivity contribution in [1.29, 1.82) is 0 Å². The summed E-state index contributed by atoms with van der Waals surface area (Å²) in [6.07, 6.45) is 4.73. The quantitative estimate of drug-likeness (QED) is 0.846. The fourth-order valence-electron chi connectivity index (χ4n) is 2.60. The van der Waals surface area contributed by atoms with Gasteiger partial charge in [0.25, 0.3) is 0 Å². The minimum Gasteiger partial charge on any atom is -0.329 e. The smallest absolute Gasteiger partial charge is 0.158 e. The number of hydrogen-bond donors (Lipinski definition) is 2. The van der Waals surface area contributed by atoms with Crippen LogP contribution in [0.4, 0.5) is 0 Å². The Bertz CT molecular complexity index is 361. The van der Waals surface area contributed by atoms with Gasteiger partial charge in [-0.1, -0.05) is 20.8 Å². The highest BCUT2D eigenvalue weighted by molar-refractivity contribution is 5.12. The Kier molecular flexibility index (Phi) is 3.52. The first-order chi connectivity index (χ1) is 8.07. The van der Waals surface area contributed by atoms with E-state index in [4.69, 9.17) is 5.73 Å². The molecule has 0 bridgehead atoms. The predicted molar refractivity (Wildman–Crippen MR) is 68.8 cm³/mol. The van der Waals surface area contributed by atoms with Crippen LogP contribution in [0.2, 0.25) is 0 Å². The average molecular weight is 236 g/mol. The predicted octanol–water partition coefficient (Wildman–Crippen LogP) is 2.33. The second-order valence-electron chi connectivity index (χ2n) is 5.87. The second kappa shape index (κ2) is 4.77. The SMILES string of the molecule is CC1CCC(CN)(c2n[nH]c(C(C)C)n2)CC1. The maximum Gasteiger partial charge on any atom is 0.158 e.